The Balaban J connectivity index is 1.67. The molecule has 0 unspecified atom stereocenters. The molecule has 1 aliphatic rings. The van der Waals surface area contributed by atoms with Crippen molar-refractivity contribution in [1.82, 2.24) is 4.90 Å². The number of rotatable bonds is 2. The summed E-state index contributed by atoms with van der Waals surface area (Å²) in [6.07, 6.45) is 0. The summed E-state index contributed by atoms with van der Waals surface area (Å²) in [4.78, 5) is 16.3. The van der Waals surface area contributed by atoms with Crippen LogP contribution in [-0.4, -0.2) is 37.0 Å². The highest BCUT2D eigenvalue weighted by Gasteiger charge is 2.24. The Labute approximate surface area is 140 Å². The number of benzene rings is 2. The summed E-state index contributed by atoms with van der Waals surface area (Å²) in [5, 5.41) is 0.743. The van der Waals surface area contributed by atoms with E-state index in [0.29, 0.717) is 26.2 Å². The molecule has 1 aliphatic heterocycles. The van der Waals surface area contributed by atoms with Crippen LogP contribution in [0.4, 0.5) is 10.1 Å². The fourth-order valence-corrected chi connectivity index (χ4v) is 2.93. The molecule has 1 saturated heterocycles. The smallest absolute Gasteiger partial charge is 0.256 e. The lowest BCUT2D eigenvalue weighted by atomic mass is 10.1. The highest BCUT2D eigenvalue weighted by molar-refractivity contribution is 6.31. The van der Waals surface area contributed by atoms with Crippen LogP contribution in [0.1, 0.15) is 15.9 Å². The highest BCUT2D eigenvalue weighted by Crippen LogP contribution is 2.24. The van der Waals surface area contributed by atoms with Gasteiger partial charge in [-0.2, -0.15) is 0 Å². The topological polar surface area (TPSA) is 23.6 Å². The molecule has 0 spiro atoms. The van der Waals surface area contributed by atoms with Gasteiger partial charge in [-0.05, 0) is 36.8 Å². The molecular weight excluding hydrogens is 315 g/mol. The molecule has 1 fully saturated rings. The third-order valence-corrected chi connectivity index (χ3v) is 4.60. The minimum absolute atomic E-state index is 0.138. The third kappa shape index (κ3) is 3.32. The van der Waals surface area contributed by atoms with Gasteiger partial charge < -0.3 is 9.80 Å². The van der Waals surface area contributed by atoms with Gasteiger partial charge in [0.15, 0.2) is 0 Å². The Morgan fingerprint density at radius 3 is 2.43 bits per heavy atom. The van der Waals surface area contributed by atoms with Gasteiger partial charge in [0.25, 0.3) is 5.91 Å². The van der Waals surface area contributed by atoms with Crippen LogP contribution >= 0.6 is 11.6 Å². The second kappa shape index (κ2) is 6.59. The molecule has 120 valence electrons. The van der Waals surface area contributed by atoms with Crippen LogP contribution in [0, 0.1) is 12.7 Å². The molecule has 2 aromatic carbocycles. The summed E-state index contributed by atoms with van der Waals surface area (Å²) >= 11 is 6.18. The van der Waals surface area contributed by atoms with E-state index in [1.165, 1.54) is 12.1 Å². The first kappa shape index (κ1) is 15.8. The fourth-order valence-electron chi connectivity index (χ4n) is 2.75. The van der Waals surface area contributed by atoms with Gasteiger partial charge in [-0.25, -0.2) is 4.39 Å². The van der Waals surface area contributed by atoms with E-state index in [9.17, 15) is 9.18 Å². The predicted molar refractivity (Wildman–Crippen MR) is 90.7 cm³/mol. The van der Waals surface area contributed by atoms with Crippen LogP contribution in [0.3, 0.4) is 0 Å². The van der Waals surface area contributed by atoms with Gasteiger partial charge >= 0.3 is 0 Å². The lowest BCUT2D eigenvalue weighted by Gasteiger charge is -2.36. The maximum atomic E-state index is 13.7. The van der Waals surface area contributed by atoms with Crippen molar-refractivity contribution >= 4 is 23.2 Å². The predicted octanol–water partition coefficient (Wildman–Crippen LogP) is 3.75. The van der Waals surface area contributed by atoms with Crippen molar-refractivity contribution in [3.63, 3.8) is 0 Å². The summed E-state index contributed by atoms with van der Waals surface area (Å²) in [5.41, 5.74) is 2.24. The van der Waals surface area contributed by atoms with E-state index in [1.54, 1.807) is 17.0 Å². The lowest BCUT2D eigenvalue weighted by molar-refractivity contribution is 0.0742. The minimum atomic E-state index is -0.467. The summed E-state index contributed by atoms with van der Waals surface area (Å²) in [6.45, 7) is 4.52. The number of amides is 1. The van der Waals surface area contributed by atoms with Crippen LogP contribution in [0.2, 0.25) is 5.02 Å². The van der Waals surface area contributed by atoms with Crippen LogP contribution in [0.15, 0.2) is 42.5 Å². The van der Waals surface area contributed by atoms with Gasteiger partial charge in [-0.1, -0.05) is 29.8 Å². The molecule has 23 heavy (non-hydrogen) atoms. The van der Waals surface area contributed by atoms with Gasteiger partial charge in [0.05, 0.1) is 5.56 Å². The van der Waals surface area contributed by atoms with E-state index in [2.05, 4.69) is 4.90 Å². The molecule has 3 nitrogen and oxygen atoms in total. The number of carbonyl (C=O) groups is 1. The first-order valence-electron chi connectivity index (χ1n) is 7.61. The highest BCUT2D eigenvalue weighted by atomic mass is 35.5. The summed E-state index contributed by atoms with van der Waals surface area (Å²) < 4.78 is 13.7. The molecule has 0 N–H and O–H groups in total. The number of halogens is 2. The minimum Gasteiger partial charge on any atom is -0.368 e. The van der Waals surface area contributed by atoms with Gasteiger partial charge in [0.2, 0.25) is 0 Å². The summed E-state index contributed by atoms with van der Waals surface area (Å²) in [5.74, 6) is -0.713. The van der Waals surface area contributed by atoms with Crippen molar-refractivity contribution in [3.8, 4) is 0 Å². The molecule has 0 aliphatic carbocycles. The van der Waals surface area contributed by atoms with Crippen LogP contribution in [0.25, 0.3) is 0 Å². The standard InChI is InChI=1S/C18H18ClFN2O/c1-13-6-7-14(12-16(13)19)21-8-10-22(11-9-21)18(23)15-4-2-3-5-17(15)20/h2-7,12H,8-11H2,1H3. The van der Waals surface area contributed by atoms with Crippen molar-refractivity contribution in [2.45, 2.75) is 6.92 Å². The van der Waals surface area contributed by atoms with Gasteiger partial charge in [0.1, 0.15) is 5.82 Å². The Bertz CT molecular complexity index is 727. The maximum Gasteiger partial charge on any atom is 0.256 e. The van der Waals surface area contributed by atoms with Crippen LogP contribution in [-0.2, 0) is 0 Å². The lowest BCUT2D eigenvalue weighted by Crippen LogP contribution is -2.49. The van der Waals surface area contributed by atoms with Crippen molar-refractivity contribution in [2.24, 2.45) is 0 Å². The second-order valence-electron chi connectivity index (χ2n) is 5.69. The van der Waals surface area contributed by atoms with Crippen molar-refractivity contribution in [3.05, 3.63) is 64.4 Å². The number of anilines is 1. The zero-order chi connectivity index (χ0) is 16.4. The molecule has 3 rings (SSSR count). The Morgan fingerprint density at radius 2 is 1.78 bits per heavy atom. The van der Waals surface area contributed by atoms with E-state index in [1.807, 2.05) is 25.1 Å². The second-order valence-corrected chi connectivity index (χ2v) is 6.10. The number of hydrogen-bond acceptors (Lipinski definition) is 2. The van der Waals surface area contributed by atoms with Crippen molar-refractivity contribution in [1.29, 1.82) is 0 Å². The fraction of sp³-hybridized carbons (Fsp3) is 0.278. The molecule has 1 heterocycles. The van der Waals surface area contributed by atoms with E-state index < -0.39 is 5.82 Å². The molecule has 0 saturated carbocycles. The monoisotopic (exact) mass is 332 g/mol. The van der Waals surface area contributed by atoms with Crippen molar-refractivity contribution in [2.75, 3.05) is 31.1 Å². The average molecular weight is 333 g/mol. The van der Waals surface area contributed by atoms with E-state index in [0.717, 1.165) is 16.3 Å². The number of aryl methyl sites for hydroxylation is 1. The SMILES string of the molecule is Cc1ccc(N2CCN(C(=O)c3ccccc3F)CC2)cc1Cl. The molecule has 0 radical (unpaired) electrons. The number of nitrogens with zero attached hydrogens (tertiary/aromatic N) is 2. The zero-order valence-corrected chi connectivity index (χ0v) is 13.7. The quantitative estimate of drug-likeness (QED) is 0.836. The summed E-state index contributed by atoms with van der Waals surface area (Å²) in [6, 6.07) is 12.1. The van der Waals surface area contributed by atoms with E-state index in [-0.39, 0.29) is 11.5 Å². The van der Waals surface area contributed by atoms with Gasteiger partial charge in [-0.3, -0.25) is 4.79 Å². The Hall–Kier alpha value is -2.07. The Kier molecular flexibility index (Phi) is 4.53. The van der Waals surface area contributed by atoms with Crippen LogP contribution < -0.4 is 4.90 Å². The first-order chi connectivity index (χ1) is 11.1. The van der Waals surface area contributed by atoms with Gasteiger partial charge in [-0.15, -0.1) is 0 Å². The number of piperazine rings is 1. The third-order valence-electron chi connectivity index (χ3n) is 4.19. The van der Waals surface area contributed by atoms with E-state index in [4.69, 9.17) is 11.6 Å². The molecular formula is C18H18ClFN2O. The normalized spacial score (nSPS) is 14.9. The molecule has 5 heteroatoms. The van der Waals surface area contributed by atoms with Crippen molar-refractivity contribution < 1.29 is 9.18 Å². The summed E-state index contributed by atoms with van der Waals surface area (Å²) in [7, 11) is 0. The maximum absolute atomic E-state index is 13.7. The largest absolute Gasteiger partial charge is 0.368 e. The average Bonchev–Trinajstić information content (AvgIpc) is 2.57. The molecule has 1 amide bonds. The molecule has 0 bridgehead atoms. The number of hydrogen-bond donors (Lipinski definition) is 0. The zero-order valence-electron chi connectivity index (χ0n) is 12.9. The molecule has 2 aromatic rings. The van der Waals surface area contributed by atoms with Gasteiger partial charge in [0, 0.05) is 36.9 Å². The molecule has 0 atom stereocenters. The van der Waals surface area contributed by atoms with Crippen LogP contribution in [0.5, 0.6) is 0 Å². The van der Waals surface area contributed by atoms with E-state index >= 15 is 0 Å². The first-order valence-corrected chi connectivity index (χ1v) is 7.99. The Morgan fingerprint density at radius 1 is 1.09 bits per heavy atom. The number of carbonyl (C=O) groups excluding carboxylic acids is 1. The molecule has 0 aromatic heterocycles.